The van der Waals surface area contributed by atoms with Gasteiger partial charge in [-0.05, 0) is 14.1 Å². The molecular formula is C17H27N3O5. The molecule has 2 rings (SSSR count). The minimum absolute atomic E-state index is 0.0874. The number of nitro groups is 1. The summed E-state index contributed by atoms with van der Waals surface area (Å²) >= 11 is 0. The first-order valence-electron chi connectivity index (χ1n) is 8.38. The SMILES string of the molecule is COc1c2cc([N+](=O)[O-])cc1CN(C)CCOCCOCCN(C)C2. The van der Waals surface area contributed by atoms with Gasteiger partial charge in [0.1, 0.15) is 5.75 Å². The van der Waals surface area contributed by atoms with E-state index in [0.29, 0.717) is 45.3 Å². The number of fused-ring (bicyclic) bond motifs is 2. The molecule has 0 atom stereocenters. The number of nitrogens with zero attached hydrogens (tertiary/aromatic N) is 3. The third-order valence-corrected chi connectivity index (χ3v) is 4.13. The van der Waals surface area contributed by atoms with Crippen LogP contribution in [-0.4, -0.2) is 75.4 Å². The van der Waals surface area contributed by atoms with Crippen molar-refractivity contribution < 1.29 is 19.1 Å². The summed E-state index contributed by atoms with van der Waals surface area (Å²) in [6, 6.07) is 3.20. The number of hydrogen-bond acceptors (Lipinski definition) is 7. The van der Waals surface area contributed by atoms with Crippen molar-refractivity contribution in [1.29, 1.82) is 0 Å². The Bertz CT molecular complexity index is 542. The van der Waals surface area contributed by atoms with Gasteiger partial charge in [-0.2, -0.15) is 0 Å². The topological polar surface area (TPSA) is 77.3 Å². The minimum Gasteiger partial charge on any atom is -0.496 e. The van der Waals surface area contributed by atoms with Crippen LogP contribution in [0, 0.1) is 10.1 Å². The van der Waals surface area contributed by atoms with Gasteiger partial charge < -0.3 is 14.2 Å². The van der Waals surface area contributed by atoms with E-state index < -0.39 is 0 Å². The first-order chi connectivity index (χ1) is 12.0. The second-order valence-electron chi connectivity index (χ2n) is 6.25. The largest absolute Gasteiger partial charge is 0.496 e. The van der Waals surface area contributed by atoms with E-state index in [1.807, 2.05) is 14.1 Å². The summed E-state index contributed by atoms with van der Waals surface area (Å²) in [6.45, 7) is 4.87. The highest BCUT2D eigenvalue weighted by molar-refractivity contribution is 5.50. The van der Waals surface area contributed by atoms with Gasteiger partial charge in [-0.15, -0.1) is 0 Å². The van der Waals surface area contributed by atoms with Gasteiger partial charge in [-0.1, -0.05) is 0 Å². The van der Waals surface area contributed by atoms with E-state index >= 15 is 0 Å². The summed E-state index contributed by atoms with van der Waals surface area (Å²) in [6.07, 6.45) is 0. The van der Waals surface area contributed by atoms with Crippen molar-refractivity contribution in [3.63, 3.8) is 0 Å². The van der Waals surface area contributed by atoms with E-state index in [4.69, 9.17) is 14.2 Å². The molecule has 0 radical (unpaired) electrons. The molecule has 0 fully saturated rings. The maximum absolute atomic E-state index is 11.3. The van der Waals surface area contributed by atoms with Crippen molar-refractivity contribution in [3.05, 3.63) is 33.4 Å². The van der Waals surface area contributed by atoms with Crippen LogP contribution >= 0.6 is 0 Å². The van der Waals surface area contributed by atoms with Gasteiger partial charge in [-0.3, -0.25) is 19.9 Å². The van der Waals surface area contributed by atoms with Crippen LogP contribution in [0.5, 0.6) is 5.75 Å². The van der Waals surface area contributed by atoms with Gasteiger partial charge in [0.25, 0.3) is 5.69 Å². The van der Waals surface area contributed by atoms with Crippen molar-refractivity contribution in [1.82, 2.24) is 9.80 Å². The molecule has 0 unspecified atom stereocenters. The lowest BCUT2D eigenvalue weighted by atomic mass is 10.1. The van der Waals surface area contributed by atoms with Crippen LogP contribution in [0.15, 0.2) is 12.1 Å². The van der Waals surface area contributed by atoms with Gasteiger partial charge >= 0.3 is 0 Å². The summed E-state index contributed by atoms with van der Waals surface area (Å²) in [5, 5.41) is 11.3. The maximum atomic E-state index is 11.3. The Morgan fingerprint density at radius 2 is 1.48 bits per heavy atom. The molecule has 2 bridgehead atoms. The fourth-order valence-corrected chi connectivity index (χ4v) is 2.84. The summed E-state index contributed by atoms with van der Waals surface area (Å²) in [5.41, 5.74) is 1.71. The average molecular weight is 353 g/mol. The molecule has 0 spiro atoms. The van der Waals surface area contributed by atoms with Crippen LogP contribution in [0.4, 0.5) is 5.69 Å². The van der Waals surface area contributed by atoms with Crippen molar-refractivity contribution in [3.8, 4) is 5.75 Å². The molecule has 0 aromatic heterocycles. The van der Waals surface area contributed by atoms with Gasteiger partial charge in [0.05, 0.1) is 38.5 Å². The van der Waals surface area contributed by atoms with E-state index in [-0.39, 0.29) is 10.6 Å². The molecule has 1 aliphatic rings. The van der Waals surface area contributed by atoms with E-state index in [1.165, 1.54) is 0 Å². The molecule has 0 aliphatic carbocycles. The van der Waals surface area contributed by atoms with Crippen molar-refractivity contribution >= 4 is 5.69 Å². The van der Waals surface area contributed by atoms with Crippen molar-refractivity contribution in [2.75, 3.05) is 60.7 Å². The van der Waals surface area contributed by atoms with Crippen LogP contribution in [0.2, 0.25) is 0 Å². The molecule has 1 aromatic carbocycles. The fourth-order valence-electron chi connectivity index (χ4n) is 2.84. The number of likely N-dealkylation sites (N-methyl/N-ethyl adjacent to an activating group) is 2. The van der Waals surface area contributed by atoms with Crippen molar-refractivity contribution in [2.24, 2.45) is 0 Å². The zero-order chi connectivity index (χ0) is 18.2. The lowest BCUT2D eigenvalue weighted by molar-refractivity contribution is -0.385. The van der Waals surface area contributed by atoms with Crippen LogP contribution in [0.3, 0.4) is 0 Å². The monoisotopic (exact) mass is 353 g/mol. The first kappa shape index (κ1) is 19.6. The standard InChI is InChI=1S/C17H27N3O5/c1-18-4-6-24-8-9-25-7-5-19(2)13-15-11-16(20(21)22)10-14(12-18)17(15)23-3/h10-11H,4-9,12-13H2,1-3H3. The average Bonchev–Trinajstić information content (AvgIpc) is 2.56. The number of benzene rings is 1. The summed E-state index contributed by atoms with van der Waals surface area (Å²) in [7, 11) is 5.53. The molecular weight excluding hydrogens is 326 g/mol. The predicted molar refractivity (Wildman–Crippen MR) is 94.0 cm³/mol. The van der Waals surface area contributed by atoms with Gasteiger partial charge in [0.2, 0.25) is 0 Å². The Balaban J connectivity index is 2.34. The zero-order valence-electron chi connectivity index (χ0n) is 15.2. The van der Waals surface area contributed by atoms with Crippen LogP contribution in [0.1, 0.15) is 11.1 Å². The minimum atomic E-state index is -0.354. The molecule has 0 amide bonds. The zero-order valence-corrected chi connectivity index (χ0v) is 15.2. The number of hydrogen-bond donors (Lipinski definition) is 0. The highest BCUT2D eigenvalue weighted by Gasteiger charge is 2.19. The Labute approximate surface area is 148 Å². The second kappa shape index (κ2) is 9.67. The normalized spacial score (nSPS) is 19.0. The highest BCUT2D eigenvalue weighted by Crippen LogP contribution is 2.31. The van der Waals surface area contributed by atoms with Gasteiger partial charge in [0.15, 0.2) is 0 Å². The Hall–Kier alpha value is -1.74. The number of ether oxygens (including phenoxy) is 3. The summed E-state index contributed by atoms with van der Waals surface area (Å²) in [4.78, 5) is 15.1. The molecule has 0 N–H and O–H groups in total. The second-order valence-corrected chi connectivity index (χ2v) is 6.25. The van der Waals surface area contributed by atoms with Gasteiger partial charge in [0, 0.05) is 49.4 Å². The highest BCUT2D eigenvalue weighted by atomic mass is 16.6. The summed E-state index contributed by atoms with van der Waals surface area (Å²) in [5.74, 6) is 0.709. The van der Waals surface area contributed by atoms with E-state index in [0.717, 1.165) is 24.2 Å². The molecule has 1 aliphatic heterocycles. The van der Waals surface area contributed by atoms with Gasteiger partial charge in [-0.25, -0.2) is 0 Å². The molecule has 0 saturated carbocycles. The number of nitro benzene ring substituents is 1. The van der Waals surface area contributed by atoms with Crippen LogP contribution in [-0.2, 0) is 22.6 Å². The van der Waals surface area contributed by atoms with Crippen LogP contribution < -0.4 is 4.74 Å². The lowest BCUT2D eigenvalue weighted by Gasteiger charge is -2.22. The molecule has 8 nitrogen and oxygen atoms in total. The fraction of sp³-hybridized carbons (Fsp3) is 0.647. The Kier molecular flexibility index (Phi) is 7.57. The van der Waals surface area contributed by atoms with E-state index in [1.54, 1.807) is 19.2 Å². The van der Waals surface area contributed by atoms with Crippen LogP contribution in [0.25, 0.3) is 0 Å². The molecule has 140 valence electrons. The Morgan fingerprint density at radius 3 is 1.88 bits per heavy atom. The van der Waals surface area contributed by atoms with Crippen molar-refractivity contribution in [2.45, 2.75) is 13.1 Å². The smallest absolute Gasteiger partial charge is 0.270 e. The Morgan fingerprint density at radius 1 is 1.00 bits per heavy atom. The molecule has 25 heavy (non-hydrogen) atoms. The predicted octanol–water partition coefficient (Wildman–Crippen LogP) is 1.51. The third-order valence-electron chi connectivity index (χ3n) is 4.13. The first-order valence-corrected chi connectivity index (χ1v) is 8.38. The van der Waals surface area contributed by atoms with E-state index in [9.17, 15) is 10.1 Å². The third kappa shape index (κ3) is 5.93. The van der Waals surface area contributed by atoms with E-state index in [2.05, 4.69) is 9.80 Å². The quantitative estimate of drug-likeness (QED) is 0.589. The number of methoxy groups -OCH3 is 1. The maximum Gasteiger partial charge on any atom is 0.270 e. The molecule has 1 aromatic rings. The number of non-ortho nitro benzene ring substituents is 1. The lowest BCUT2D eigenvalue weighted by Crippen LogP contribution is -2.24. The number of rotatable bonds is 2. The summed E-state index contributed by atoms with van der Waals surface area (Å²) < 4.78 is 16.7. The molecule has 1 heterocycles. The molecule has 0 saturated heterocycles. The molecule has 8 heteroatoms.